The lowest BCUT2D eigenvalue weighted by Gasteiger charge is -2.15. The first-order chi connectivity index (χ1) is 9.99. The lowest BCUT2D eigenvalue weighted by Crippen LogP contribution is -2.38. The summed E-state index contributed by atoms with van der Waals surface area (Å²) in [6, 6.07) is -0.788. The van der Waals surface area contributed by atoms with Crippen molar-refractivity contribution in [3.05, 3.63) is 44.1 Å². The minimum Gasteiger partial charge on any atom is -0.480 e. The first-order valence-electron chi connectivity index (χ1n) is 6.12. The summed E-state index contributed by atoms with van der Waals surface area (Å²) in [6.45, 7) is 2.33. The van der Waals surface area contributed by atoms with E-state index in [9.17, 15) is 9.90 Å². The molecular formula is C13H13Cl2N3O2S. The van der Waals surface area contributed by atoms with Crippen molar-refractivity contribution in [1.29, 1.82) is 0 Å². The standard InChI is InChI=1S/C13H13Cl2N3O2S/c1-7-12(21-6-18-7)5-17-11(13(19)20)2-8-9(14)3-16-4-10(8)15/h3-4,6,11,17H,2,5H2,1H3,(H,19,20). The molecule has 112 valence electrons. The largest absolute Gasteiger partial charge is 0.480 e. The second-order valence-corrected chi connectivity index (χ2v) is 6.17. The Morgan fingerprint density at radius 2 is 2.10 bits per heavy atom. The summed E-state index contributed by atoms with van der Waals surface area (Å²) in [5.74, 6) is -0.957. The van der Waals surface area contributed by atoms with Crippen LogP contribution in [-0.4, -0.2) is 27.1 Å². The number of pyridine rings is 1. The number of aliphatic carboxylic acids is 1. The Balaban J connectivity index is 2.09. The molecule has 0 spiro atoms. The highest BCUT2D eigenvalue weighted by Crippen LogP contribution is 2.24. The molecule has 0 saturated carbocycles. The van der Waals surface area contributed by atoms with Gasteiger partial charge in [0.2, 0.25) is 0 Å². The quantitative estimate of drug-likeness (QED) is 0.841. The predicted molar refractivity (Wildman–Crippen MR) is 83.1 cm³/mol. The van der Waals surface area contributed by atoms with Crippen molar-refractivity contribution in [3.63, 3.8) is 0 Å². The first-order valence-corrected chi connectivity index (χ1v) is 7.75. The average molecular weight is 346 g/mol. The Hall–Kier alpha value is -1.21. The fourth-order valence-electron chi connectivity index (χ4n) is 1.80. The Morgan fingerprint density at radius 3 is 2.62 bits per heavy atom. The molecule has 2 aromatic rings. The zero-order chi connectivity index (χ0) is 15.4. The third-order valence-electron chi connectivity index (χ3n) is 3.01. The molecule has 21 heavy (non-hydrogen) atoms. The smallest absolute Gasteiger partial charge is 0.321 e. The van der Waals surface area contributed by atoms with Gasteiger partial charge in [-0.05, 0) is 12.5 Å². The van der Waals surface area contributed by atoms with Crippen molar-refractivity contribution in [3.8, 4) is 0 Å². The summed E-state index contributed by atoms with van der Waals surface area (Å²) >= 11 is 13.5. The molecule has 0 amide bonds. The van der Waals surface area contributed by atoms with Gasteiger partial charge in [0.05, 0.1) is 21.2 Å². The van der Waals surface area contributed by atoms with Gasteiger partial charge in [0.1, 0.15) is 6.04 Å². The number of carboxylic acid groups (broad SMARTS) is 1. The molecule has 0 saturated heterocycles. The lowest BCUT2D eigenvalue weighted by atomic mass is 10.1. The third-order valence-corrected chi connectivity index (χ3v) is 4.60. The zero-order valence-electron chi connectivity index (χ0n) is 11.1. The number of halogens is 2. The highest BCUT2D eigenvalue weighted by Gasteiger charge is 2.21. The molecule has 0 bridgehead atoms. The van der Waals surface area contributed by atoms with Crippen LogP contribution in [0.3, 0.4) is 0 Å². The van der Waals surface area contributed by atoms with Crippen molar-refractivity contribution in [2.45, 2.75) is 25.9 Å². The predicted octanol–water partition coefficient (Wildman–Crippen LogP) is 2.94. The monoisotopic (exact) mass is 345 g/mol. The molecule has 5 nitrogen and oxygen atoms in total. The van der Waals surface area contributed by atoms with E-state index in [0.717, 1.165) is 10.6 Å². The molecule has 1 unspecified atom stereocenters. The second kappa shape index (κ2) is 7.17. The van der Waals surface area contributed by atoms with Crippen molar-refractivity contribution in [2.75, 3.05) is 0 Å². The number of nitrogens with one attached hydrogen (secondary N) is 1. The first kappa shape index (κ1) is 16.2. The van der Waals surface area contributed by atoms with Gasteiger partial charge in [0.15, 0.2) is 0 Å². The number of rotatable bonds is 6. The molecule has 1 atom stereocenters. The van der Waals surface area contributed by atoms with Gasteiger partial charge in [-0.2, -0.15) is 0 Å². The highest BCUT2D eigenvalue weighted by atomic mass is 35.5. The molecule has 2 rings (SSSR count). The fourth-order valence-corrected chi connectivity index (χ4v) is 3.04. The minimum absolute atomic E-state index is 0.188. The SMILES string of the molecule is Cc1ncsc1CNC(Cc1c(Cl)cncc1Cl)C(=O)O. The maximum Gasteiger partial charge on any atom is 0.321 e. The van der Waals surface area contributed by atoms with Crippen LogP contribution in [0.25, 0.3) is 0 Å². The normalized spacial score (nSPS) is 12.3. The molecule has 0 radical (unpaired) electrons. The molecule has 2 N–H and O–H groups in total. The third kappa shape index (κ3) is 4.14. The van der Waals surface area contributed by atoms with E-state index in [1.54, 1.807) is 5.51 Å². The number of nitrogens with zero attached hydrogens (tertiary/aromatic N) is 2. The molecule has 0 fully saturated rings. The number of aromatic nitrogens is 2. The molecule has 0 aliphatic carbocycles. The molecule has 0 aromatic carbocycles. The summed E-state index contributed by atoms with van der Waals surface area (Å²) in [7, 11) is 0. The Bertz CT molecular complexity index is 628. The summed E-state index contributed by atoms with van der Waals surface area (Å²) in [6.07, 6.45) is 3.09. The van der Waals surface area contributed by atoms with E-state index in [1.807, 2.05) is 6.92 Å². The van der Waals surface area contributed by atoms with Gasteiger partial charge in [-0.25, -0.2) is 4.98 Å². The van der Waals surface area contributed by atoms with Crippen LogP contribution >= 0.6 is 34.5 Å². The van der Waals surface area contributed by atoms with Gasteiger partial charge in [-0.1, -0.05) is 23.2 Å². The van der Waals surface area contributed by atoms with E-state index in [-0.39, 0.29) is 6.42 Å². The lowest BCUT2D eigenvalue weighted by molar-refractivity contribution is -0.139. The van der Waals surface area contributed by atoms with E-state index in [1.165, 1.54) is 23.7 Å². The van der Waals surface area contributed by atoms with Crippen LogP contribution in [-0.2, 0) is 17.8 Å². The van der Waals surface area contributed by atoms with Gasteiger partial charge in [0.25, 0.3) is 0 Å². The Morgan fingerprint density at radius 1 is 1.43 bits per heavy atom. The molecular weight excluding hydrogens is 333 g/mol. The van der Waals surface area contributed by atoms with Gasteiger partial charge in [-0.3, -0.25) is 15.1 Å². The molecule has 2 heterocycles. The van der Waals surface area contributed by atoms with Crippen LogP contribution in [0.4, 0.5) is 0 Å². The highest BCUT2D eigenvalue weighted by molar-refractivity contribution is 7.09. The van der Waals surface area contributed by atoms with Crippen LogP contribution in [0.15, 0.2) is 17.9 Å². The Labute approximate surface area is 136 Å². The summed E-state index contributed by atoms with van der Waals surface area (Å²) in [4.78, 5) is 20.4. The summed E-state index contributed by atoms with van der Waals surface area (Å²) in [5, 5.41) is 13.1. The molecule has 2 aromatic heterocycles. The fraction of sp³-hybridized carbons (Fsp3) is 0.308. The van der Waals surface area contributed by atoms with Crippen LogP contribution in [0.1, 0.15) is 16.1 Å². The number of thiazole rings is 1. The zero-order valence-corrected chi connectivity index (χ0v) is 13.5. The molecule has 0 aliphatic rings. The van der Waals surface area contributed by atoms with Crippen molar-refractivity contribution >= 4 is 40.5 Å². The second-order valence-electron chi connectivity index (χ2n) is 4.42. The number of carbonyl (C=O) groups is 1. The number of hydrogen-bond donors (Lipinski definition) is 2. The summed E-state index contributed by atoms with van der Waals surface area (Å²) in [5.41, 5.74) is 3.21. The average Bonchev–Trinajstić information content (AvgIpc) is 2.82. The van der Waals surface area contributed by atoms with E-state index in [4.69, 9.17) is 23.2 Å². The van der Waals surface area contributed by atoms with E-state index < -0.39 is 12.0 Å². The van der Waals surface area contributed by atoms with Crippen LogP contribution < -0.4 is 5.32 Å². The number of aryl methyl sites for hydroxylation is 1. The van der Waals surface area contributed by atoms with Crippen LogP contribution in [0, 0.1) is 6.92 Å². The van der Waals surface area contributed by atoms with Crippen LogP contribution in [0.2, 0.25) is 10.0 Å². The molecule has 0 aliphatic heterocycles. The van der Waals surface area contributed by atoms with E-state index in [0.29, 0.717) is 22.2 Å². The maximum absolute atomic E-state index is 11.4. The van der Waals surface area contributed by atoms with Crippen LogP contribution in [0.5, 0.6) is 0 Å². The van der Waals surface area contributed by atoms with Gasteiger partial charge in [0, 0.05) is 30.2 Å². The Kier molecular flexibility index (Phi) is 5.52. The van der Waals surface area contributed by atoms with Crippen molar-refractivity contribution in [1.82, 2.24) is 15.3 Å². The summed E-state index contributed by atoms with van der Waals surface area (Å²) < 4.78 is 0. The molecule has 8 heteroatoms. The van der Waals surface area contributed by atoms with Crippen molar-refractivity contribution < 1.29 is 9.90 Å². The number of hydrogen-bond acceptors (Lipinski definition) is 5. The topological polar surface area (TPSA) is 75.1 Å². The van der Waals surface area contributed by atoms with Crippen molar-refractivity contribution in [2.24, 2.45) is 0 Å². The number of carboxylic acids is 1. The van der Waals surface area contributed by atoms with Gasteiger partial charge in [-0.15, -0.1) is 11.3 Å². The minimum atomic E-state index is -0.957. The van der Waals surface area contributed by atoms with E-state index in [2.05, 4.69) is 15.3 Å². The van der Waals surface area contributed by atoms with Gasteiger partial charge < -0.3 is 5.11 Å². The van der Waals surface area contributed by atoms with Gasteiger partial charge >= 0.3 is 5.97 Å². The van der Waals surface area contributed by atoms with E-state index >= 15 is 0 Å². The maximum atomic E-state index is 11.4.